The van der Waals surface area contributed by atoms with Crippen LogP contribution in [0.4, 0.5) is 0 Å². The average molecular weight is 433 g/mol. The first-order valence-electron chi connectivity index (χ1n) is 10.6. The molecular weight excluding hydrogens is 404 g/mol. The molecule has 32 heavy (non-hydrogen) atoms. The molecule has 0 spiro atoms. The van der Waals surface area contributed by atoms with Gasteiger partial charge in [0.2, 0.25) is 0 Å². The van der Waals surface area contributed by atoms with Gasteiger partial charge in [-0.3, -0.25) is 9.59 Å². The van der Waals surface area contributed by atoms with Crippen LogP contribution in [0.1, 0.15) is 31.8 Å². The lowest BCUT2D eigenvalue weighted by molar-refractivity contribution is 0.0704. The van der Waals surface area contributed by atoms with Crippen molar-refractivity contribution in [2.24, 2.45) is 0 Å². The molecule has 6 nitrogen and oxygen atoms in total. The summed E-state index contributed by atoms with van der Waals surface area (Å²) in [5, 5.41) is 18.9. The molecular formula is C26H28N2O4. The van der Waals surface area contributed by atoms with Crippen molar-refractivity contribution >= 4 is 11.8 Å². The summed E-state index contributed by atoms with van der Waals surface area (Å²) in [4.78, 5) is 29.4. The highest BCUT2D eigenvalue weighted by Crippen LogP contribution is 2.15. The van der Waals surface area contributed by atoms with E-state index in [9.17, 15) is 19.8 Å². The number of aliphatic hydroxyl groups is 2. The Morgan fingerprint density at radius 1 is 0.594 bits per heavy atom. The number of carbonyl (C=O) groups excluding carboxylic acids is 2. The second kappa shape index (κ2) is 11.8. The predicted octanol–water partition coefficient (Wildman–Crippen LogP) is 2.96. The number of benzene rings is 3. The minimum Gasteiger partial charge on any atom is -0.395 e. The van der Waals surface area contributed by atoms with Crippen LogP contribution in [-0.4, -0.2) is 58.1 Å². The third-order valence-corrected chi connectivity index (χ3v) is 5.10. The zero-order valence-corrected chi connectivity index (χ0v) is 17.9. The Hall–Kier alpha value is -3.48. The molecule has 3 aromatic rings. The van der Waals surface area contributed by atoms with E-state index in [1.807, 2.05) is 60.7 Å². The van der Waals surface area contributed by atoms with Crippen LogP contribution >= 0.6 is 0 Å². The fourth-order valence-electron chi connectivity index (χ4n) is 3.50. The maximum Gasteiger partial charge on any atom is 0.254 e. The van der Waals surface area contributed by atoms with Gasteiger partial charge in [-0.1, -0.05) is 66.7 Å². The summed E-state index contributed by atoms with van der Waals surface area (Å²) in [6.45, 7) is 0.802. The van der Waals surface area contributed by atoms with Crippen LogP contribution in [-0.2, 0) is 13.1 Å². The lowest BCUT2D eigenvalue weighted by Crippen LogP contribution is -2.34. The molecule has 2 amide bonds. The number of nitrogens with zero attached hydrogens (tertiary/aromatic N) is 2. The molecule has 0 atom stereocenters. The fourth-order valence-corrected chi connectivity index (χ4v) is 3.50. The zero-order valence-electron chi connectivity index (χ0n) is 17.9. The molecule has 3 aromatic carbocycles. The van der Waals surface area contributed by atoms with Gasteiger partial charge >= 0.3 is 0 Å². The van der Waals surface area contributed by atoms with Gasteiger partial charge in [0.25, 0.3) is 11.8 Å². The summed E-state index contributed by atoms with van der Waals surface area (Å²) in [5.74, 6) is -0.511. The number of hydrogen-bond donors (Lipinski definition) is 2. The lowest BCUT2D eigenvalue weighted by Gasteiger charge is -2.24. The SMILES string of the molecule is O=C(c1cccc(C(=O)N(CCO)Cc2ccccc2)c1)N(CCO)Cc1ccccc1. The van der Waals surface area contributed by atoms with Crippen LogP contribution in [0.5, 0.6) is 0 Å². The summed E-state index contributed by atoms with van der Waals surface area (Å²) < 4.78 is 0. The van der Waals surface area contributed by atoms with Crippen LogP contribution in [0.25, 0.3) is 0 Å². The molecule has 6 heteroatoms. The van der Waals surface area contributed by atoms with Gasteiger partial charge < -0.3 is 20.0 Å². The Kier molecular flexibility index (Phi) is 8.54. The van der Waals surface area contributed by atoms with Crippen molar-refractivity contribution in [2.45, 2.75) is 13.1 Å². The molecule has 0 aromatic heterocycles. The van der Waals surface area contributed by atoms with E-state index >= 15 is 0 Å². The van der Waals surface area contributed by atoms with Gasteiger partial charge in [0.05, 0.1) is 13.2 Å². The van der Waals surface area contributed by atoms with Crippen molar-refractivity contribution < 1.29 is 19.8 Å². The molecule has 0 radical (unpaired) electrons. The topological polar surface area (TPSA) is 81.1 Å². The van der Waals surface area contributed by atoms with Gasteiger partial charge in [-0.15, -0.1) is 0 Å². The van der Waals surface area contributed by atoms with Crippen LogP contribution in [0.2, 0.25) is 0 Å². The van der Waals surface area contributed by atoms with Crippen LogP contribution in [0, 0.1) is 0 Å². The van der Waals surface area contributed by atoms with E-state index in [0.717, 1.165) is 11.1 Å². The van der Waals surface area contributed by atoms with Gasteiger partial charge in [-0.25, -0.2) is 0 Å². The van der Waals surface area contributed by atoms with E-state index in [4.69, 9.17) is 0 Å². The number of hydrogen-bond acceptors (Lipinski definition) is 4. The minimum absolute atomic E-state index is 0.154. The van der Waals surface area contributed by atoms with Crippen molar-refractivity contribution in [1.29, 1.82) is 0 Å². The summed E-state index contributed by atoms with van der Waals surface area (Å²) in [6.07, 6.45) is 0. The van der Waals surface area contributed by atoms with Crippen molar-refractivity contribution in [1.82, 2.24) is 9.80 Å². The highest BCUT2D eigenvalue weighted by molar-refractivity contribution is 5.99. The third kappa shape index (κ3) is 6.26. The third-order valence-electron chi connectivity index (χ3n) is 5.10. The molecule has 0 aliphatic carbocycles. The Balaban J connectivity index is 1.80. The predicted molar refractivity (Wildman–Crippen MR) is 123 cm³/mol. The molecule has 3 rings (SSSR count). The van der Waals surface area contributed by atoms with Crippen molar-refractivity contribution in [3.8, 4) is 0 Å². The average Bonchev–Trinajstić information content (AvgIpc) is 2.84. The van der Waals surface area contributed by atoms with Crippen molar-refractivity contribution in [3.63, 3.8) is 0 Å². The quantitative estimate of drug-likeness (QED) is 0.516. The molecule has 2 N–H and O–H groups in total. The Morgan fingerprint density at radius 2 is 1.00 bits per heavy atom. The maximum atomic E-state index is 13.2. The first-order chi connectivity index (χ1) is 15.6. The van der Waals surface area contributed by atoms with Crippen LogP contribution in [0.3, 0.4) is 0 Å². The fraction of sp³-hybridized carbons (Fsp3) is 0.231. The molecule has 0 bridgehead atoms. The highest BCUT2D eigenvalue weighted by Gasteiger charge is 2.20. The number of aliphatic hydroxyl groups excluding tert-OH is 2. The molecule has 166 valence electrons. The van der Waals surface area contributed by atoms with E-state index in [1.54, 1.807) is 34.1 Å². The molecule has 0 heterocycles. The normalized spacial score (nSPS) is 10.6. The lowest BCUT2D eigenvalue weighted by atomic mass is 10.1. The van der Waals surface area contributed by atoms with Crippen LogP contribution in [0.15, 0.2) is 84.9 Å². The second-order valence-electron chi connectivity index (χ2n) is 7.45. The molecule has 0 aliphatic rings. The molecule has 0 saturated heterocycles. The highest BCUT2D eigenvalue weighted by atomic mass is 16.3. The summed E-state index contributed by atoms with van der Waals surface area (Å²) in [7, 11) is 0. The molecule has 0 fully saturated rings. The Bertz CT molecular complexity index is 930. The van der Waals surface area contributed by atoms with E-state index in [0.29, 0.717) is 24.2 Å². The monoisotopic (exact) mass is 432 g/mol. The van der Waals surface area contributed by atoms with Gasteiger partial charge in [-0.2, -0.15) is 0 Å². The zero-order chi connectivity index (χ0) is 22.8. The van der Waals surface area contributed by atoms with E-state index < -0.39 is 0 Å². The summed E-state index contributed by atoms with van der Waals surface area (Å²) in [6, 6.07) is 25.7. The van der Waals surface area contributed by atoms with Gasteiger partial charge in [0.15, 0.2) is 0 Å². The molecule has 0 unspecified atom stereocenters. The van der Waals surface area contributed by atoms with E-state index in [2.05, 4.69) is 0 Å². The van der Waals surface area contributed by atoms with Crippen LogP contribution < -0.4 is 0 Å². The number of amides is 2. The van der Waals surface area contributed by atoms with E-state index in [-0.39, 0.29) is 38.1 Å². The first kappa shape index (κ1) is 23.2. The van der Waals surface area contributed by atoms with Gasteiger partial charge in [0, 0.05) is 37.3 Å². The molecule has 0 saturated carbocycles. The largest absolute Gasteiger partial charge is 0.395 e. The minimum atomic E-state index is -0.255. The Morgan fingerprint density at radius 3 is 1.38 bits per heavy atom. The van der Waals surface area contributed by atoms with Gasteiger partial charge in [0.1, 0.15) is 0 Å². The van der Waals surface area contributed by atoms with Gasteiger partial charge in [-0.05, 0) is 29.3 Å². The summed E-state index contributed by atoms with van der Waals surface area (Å²) in [5.41, 5.74) is 2.67. The smallest absolute Gasteiger partial charge is 0.254 e. The standard InChI is InChI=1S/C26H28N2O4/c29-16-14-27(19-21-8-3-1-4-9-21)25(31)23-12-7-13-24(18-23)26(32)28(15-17-30)20-22-10-5-2-6-11-22/h1-13,18,29-30H,14-17,19-20H2. The summed E-state index contributed by atoms with van der Waals surface area (Å²) >= 11 is 0. The van der Waals surface area contributed by atoms with Crippen molar-refractivity contribution in [3.05, 3.63) is 107 Å². The maximum absolute atomic E-state index is 13.2. The molecule has 0 aliphatic heterocycles. The number of rotatable bonds is 10. The number of carbonyl (C=O) groups is 2. The second-order valence-corrected chi connectivity index (χ2v) is 7.45. The van der Waals surface area contributed by atoms with Crippen molar-refractivity contribution in [2.75, 3.05) is 26.3 Å². The van der Waals surface area contributed by atoms with E-state index in [1.165, 1.54) is 0 Å². The Labute approximate surface area is 188 Å². The first-order valence-corrected chi connectivity index (χ1v) is 10.6.